The molecule has 0 amide bonds. The third-order valence-electron chi connectivity index (χ3n) is 2.32. The van der Waals surface area contributed by atoms with Crippen LogP contribution < -0.4 is 10.5 Å². The molecule has 0 spiro atoms. The minimum atomic E-state index is -3.81. The molecule has 1 aromatic heterocycles. The molecule has 0 fully saturated rings. The second kappa shape index (κ2) is 4.92. The number of nitrogens with one attached hydrogen (secondary N) is 1. The van der Waals surface area contributed by atoms with Gasteiger partial charge in [-0.05, 0) is 12.1 Å². The number of hydrogen-bond acceptors (Lipinski definition) is 4. The Kier molecular flexibility index (Phi) is 3.62. The van der Waals surface area contributed by atoms with E-state index in [1.54, 1.807) is 13.2 Å². The number of aryl methyl sites for hydroxylation is 1. The van der Waals surface area contributed by atoms with Crippen LogP contribution >= 0.6 is 23.2 Å². The number of nitrogen functional groups attached to an aromatic ring is 1. The van der Waals surface area contributed by atoms with Crippen LogP contribution in [-0.4, -0.2) is 18.2 Å². The molecule has 2 rings (SSSR count). The number of anilines is 2. The van der Waals surface area contributed by atoms with Crippen molar-refractivity contribution in [1.29, 1.82) is 0 Å². The first-order valence-electron chi connectivity index (χ1n) is 5.06. The Morgan fingerprint density at radius 2 is 1.89 bits per heavy atom. The SMILES string of the molecule is Cn1ccc(NS(=O)(=O)c2cc(Cl)c(N)c(Cl)c2)n1. The molecule has 0 bridgehead atoms. The number of hydrogen-bond donors (Lipinski definition) is 2. The summed E-state index contributed by atoms with van der Waals surface area (Å²) in [7, 11) is -2.14. The van der Waals surface area contributed by atoms with Crippen LogP contribution in [0.5, 0.6) is 0 Å². The Balaban J connectivity index is 2.40. The lowest BCUT2D eigenvalue weighted by Gasteiger charge is -2.08. The normalized spacial score (nSPS) is 11.5. The molecule has 3 N–H and O–H groups in total. The van der Waals surface area contributed by atoms with Gasteiger partial charge in [-0.2, -0.15) is 5.10 Å². The average Bonchev–Trinajstić information content (AvgIpc) is 2.70. The first-order valence-corrected chi connectivity index (χ1v) is 7.30. The molecule has 0 atom stereocenters. The molecule has 2 aromatic rings. The highest BCUT2D eigenvalue weighted by Crippen LogP contribution is 2.31. The number of halogens is 2. The molecule has 0 aliphatic rings. The minimum Gasteiger partial charge on any atom is -0.396 e. The van der Waals surface area contributed by atoms with Crippen LogP contribution in [0.1, 0.15) is 0 Å². The monoisotopic (exact) mass is 320 g/mol. The molecule has 0 unspecified atom stereocenters. The smallest absolute Gasteiger partial charge is 0.263 e. The van der Waals surface area contributed by atoms with Gasteiger partial charge < -0.3 is 5.73 Å². The van der Waals surface area contributed by atoms with Crippen LogP contribution in [0.15, 0.2) is 29.3 Å². The molecule has 0 radical (unpaired) electrons. The van der Waals surface area contributed by atoms with Crippen molar-refractivity contribution in [3.8, 4) is 0 Å². The summed E-state index contributed by atoms with van der Waals surface area (Å²) >= 11 is 11.6. The van der Waals surface area contributed by atoms with Crippen molar-refractivity contribution in [3.63, 3.8) is 0 Å². The zero-order valence-corrected chi connectivity index (χ0v) is 12.1. The summed E-state index contributed by atoms with van der Waals surface area (Å²) in [5.41, 5.74) is 5.69. The number of nitrogens with zero attached hydrogens (tertiary/aromatic N) is 2. The second-order valence-electron chi connectivity index (χ2n) is 3.78. The number of aromatic nitrogens is 2. The lowest BCUT2D eigenvalue weighted by molar-refractivity contribution is 0.601. The van der Waals surface area contributed by atoms with Crippen LogP contribution in [0.3, 0.4) is 0 Å². The third-order valence-corrected chi connectivity index (χ3v) is 4.28. The van der Waals surface area contributed by atoms with Crippen molar-refractivity contribution in [3.05, 3.63) is 34.4 Å². The van der Waals surface area contributed by atoms with E-state index in [1.807, 2.05) is 0 Å². The summed E-state index contributed by atoms with van der Waals surface area (Å²) in [6, 6.07) is 3.99. The molecular formula is C10H10Cl2N4O2S. The number of benzene rings is 1. The van der Waals surface area contributed by atoms with E-state index < -0.39 is 10.0 Å². The molecule has 6 nitrogen and oxygen atoms in total. The van der Waals surface area contributed by atoms with E-state index in [9.17, 15) is 8.42 Å². The van der Waals surface area contributed by atoms with Crippen LogP contribution in [0.4, 0.5) is 11.5 Å². The van der Waals surface area contributed by atoms with Crippen LogP contribution in [0.25, 0.3) is 0 Å². The van der Waals surface area contributed by atoms with Gasteiger partial charge in [0.05, 0.1) is 20.6 Å². The minimum absolute atomic E-state index is 0.0777. The van der Waals surface area contributed by atoms with Gasteiger partial charge >= 0.3 is 0 Å². The Hall–Kier alpha value is -1.44. The Morgan fingerprint density at radius 1 is 1.32 bits per heavy atom. The molecule has 0 aliphatic heterocycles. The van der Waals surface area contributed by atoms with E-state index in [-0.39, 0.29) is 26.4 Å². The number of sulfonamides is 1. The maximum Gasteiger partial charge on any atom is 0.263 e. The van der Waals surface area contributed by atoms with Crippen molar-refractivity contribution in [2.24, 2.45) is 7.05 Å². The number of nitrogens with two attached hydrogens (primary N) is 1. The van der Waals surface area contributed by atoms with Crippen LogP contribution in [0.2, 0.25) is 10.0 Å². The fourth-order valence-electron chi connectivity index (χ4n) is 1.38. The molecule has 0 saturated carbocycles. The molecular weight excluding hydrogens is 311 g/mol. The van der Waals surface area contributed by atoms with Crippen molar-refractivity contribution >= 4 is 44.7 Å². The topological polar surface area (TPSA) is 90.0 Å². The first kappa shape index (κ1) is 14.0. The van der Waals surface area contributed by atoms with E-state index in [4.69, 9.17) is 28.9 Å². The summed E-state index contributed by atoms with van der Waals surface area (Å²) in [5, 5.41) is 4.07. The van der Waals surface area contributed by atoms with Gasteiger partial charge in [0.1, 0.15) is 0 Å². The lowest BCUT2D eigenvalue weighted by Crippen LogP contribution is -2.14. The van der Waals surface area contributed by atoms with Gasteiger partial charge in [-0.25, -0.2) is 8.42 Å². The standard InChI is InChI=1S/C10H10Cl2N4O2S/c1-16-3-2-9(14-16)15-19(17,18)6-4-7(11)10(13)8(12)5-6/h2-5H,13H2,1H3,(H,14,15). The zero-order valence-electron chi connectivity index (χ0n) is 9.76. The first-order chi connectivity index (χ1) is 8.79. The Labute approximate surface area is 120 Å². The maximum atomic E-state index is 12.1. The third kappa shape index (κ3) is 2.94. The quantitative estimate of drug-likeness (QED) is 0.847. The molecule has 19 heavy (non-hydrogen) atoms. The van der Waals surface area contributed by atoms with E-state index in [0.29, 0.717) is 0 Å². The van der Waals surface area contributed by atoms with Crippen molar-refractivity contribution < 1.29 is 8.42 Å². The van der Waals surface area contributed by atoms with E-state index >= 15 is 0 Å². The highest BCUT2D eigenvalue weighted by molar-refractivity contribution is 7.92. The highest BCUT2D eigenvalue weighted by Gasteiger charge is 2.18. The molecule has 9 heteroatoms. The van der Waals surface area contributed by atoms with Crippen molar-refractivity contribution in [1.82, 2.24) is 9.78 Å². The van der Waals surface area contributed by atoms with E-state index in [2.05, 4.69) is 9.82 Å². The van der Waals surface area contributed by atoms with Crippen LogP contribution in [-0.2, 0) is 17.1 Å². The van der Waals surface area contributed by atoms with Crippen molar-refractivity contribution in [2.45, 2.75) is 4.90 Å². The molecule has 0 aliphatic carbocycles. The average molecular weight is 321 g/mol. The van der Waals surface area contributed by atoms with Gasteiger partial charge in [-0.1, -0.05) is 23.2 Å². The van der Waals surface area contributed by atoms with E-state index in [0.717, 1.165) is 0 Å². The summed E-state index contributed by atoms with van der Waals surface area (Å²) < 4.78 is 28.0. The maximum absolute atomic E-state index is 12.1. The second-order valence-corrected chi connectivity index (χ2v) is 6.28. The Morgan fingerprint density at radius 3 is 2.37 bits per heavy atom. The van der Waals surface area contributed by atoms with Gasteiger partial charge in [0.2, 0.25) is 0 Å². The predicted molar refractivity (Wildman–Crippen MR) is 74.9 cm³/mol. The van der Waals surface area contributed by atoms with Gasteiger partial charge in [0, 0.05) is 19.3 Å². The molecule has 0 saturated heterocycles. The fourth-order valence-corrected chi connectivity index (χ4v) is 3.05. The summed E-state index contributed by atoms with van der Waals surface area (Å²) in [5.74, 6) is 0.201. The predicted octanol–water partition coefficient (Wildman–Crippen LogP) is 2.11. The lowest BCUT2D eigenvalue weighted by atomic mass is 10.3. The van der Waals surface area contributed by atoms with E-state index in [1.165, 1.54) is 22.9 Å². The summed E-state index contributed by atoms with van der Waals surface area (Å²) in [4.78, 5) is -0.0812. The largest absolute Gasteiger partial charge is 0.396 e. The molecule has 1 heterocycles. The number of rotatable bonds is 3. The summed E-state index contributed by atoms with van der Waals surface area (Å²) in [6.45, 7) is 0. The van der Waals surface area contributed by atoms with Crippen molar-refractivity contribution in [2.75, 3.05) is 10.5 Å². The highest BCUT2D eigenvalue weighted by atomic mass is 35.5. The van der Waals surface area contributed by atoms with Gasteiger partial charge in [0.15, 0.2) is 5.82 Å². The molecule has 1 aromatic carbocycles. The fraction of sp³-hybridized carbons (Fsp3) is 0.100. The zero-order chi connectivity index (χ0) is 14.2. The van der Waals surface area contributed by atoms with Crippen LogP contribution in [0, 0.1) is 0 Å². The summed E-state index contributed by atoms with van der Waals surface area (Å²) in [6.07, 6.45) is 1.61. The Bertz CT molecular complexity index is 704. The molecule has 102 valence electrons. The van der Waals surface area contributed by atoms with Gasteiger partial charge in [-0.3, -0.25) is 9.40 Å². The van der Waals surface area contributed by atoms with Gasteiger partial charge in [-0.15, -0.1) is 0 Å². The van der Waals surface area contributed by atoms with Gasteiger partial charge in [0.25, 0.3) is 10.0 Å².